The lowest BCUT2D eigenvalue weighted by Gasteiger charge is -2.27. The van der Waals surface area contributed by atoms with Gasteiger partial charge in [0.25, 0.3) is 0 Å². The molecule has 8 nitrogen and oxygen atoms in total. The molecule has 5 aromatic rings. The third-order valence-corrected chi connectivity index (χ3v) is 11.5. The Morgan fingerprint density at radius 1 is 0.717 bits per heavy atom. The van der Waals surface area contributed by atoms with Crippen molar-refractivity contribution in [1.82, 2.24) is 4.31 Å². The van der Waals surface area contributed by atoms with E-state index < -0.39 is 28.4 Å². The number of amides is 1. The lowest BCUT2D eigenvalue weighted by Crippen LogP contribution is -2.41. The Hall–Kier alpha value is -5.25. The van der Waals surface area contributed by atoms with Crippen LogP contribution in [0.5, 0.6) is 5.75 Å². The molecule has 0 N–H and O–H groups in total. The van der Waals surface area contributed by atoms with Crippen molar-refractivity contribution in [3.05, 3.63) is 161 Å². The van der Waals surface area contributed by atoms with Crippen molar-refractivity contribution in [3.63, 3.8) is 0 Å². The van der Waals surface area contributed by atoms with Crippen molar-refractivity contribution in [2.45, 2.75) is 69.6 Å². The summed E-state index contributed by atoms with van der Waals surface area (Å²) in [5.74, 6) is -0.221. The van der Waals surface area contributed by atoms with Gasteiger partial charge in [0, 0.05) is 18.8 Å². The summed E-state index contributed by atoms with van der Waals surface area (Å²) in [5, 5.41) is 0. The number of benzene rings is 5. The normalized spacial score (nSPS) is 13.4. The first-order chi connectivity index (χ1) is 25.7. The molecule has 0 saturated heterocycles. The first kappa shape index (κ1) is 37.5. The fourth-order valence-corrected chi connectivity index (χ4v) is 7.71. The molecule has 1 fully saturated rings. The summed E-state index contributed by atoms with van der Waals surface area (Å²) in [7, 11) is -2.54. The Kier molecular flexibility index (Phi) is 12.4. The van der Waals surface area contributed by atoms with Crippen molar-refractivity contribution >= 4 is 27.6 Å². The number of nitrogens with zero attached hydrogens (tertiary/aromatic N) is 2. The van der Waals surface area contributed by atoms with Crippen LogP contribution in [0.2, 0.25) is 0 Å². The van der Waals surface area contributed by atoms with Gasteiger partial charge in [0.1, 0.15) is 24.5 Å². The molecule has 9 heteroatoms. The van der Waals surface area contributed by atoms with Gasteiger partial charge in [-0.25, -0.2) is 13.2 Å². The molecule has 0 unspecified atom stereocenters. The predicted molar refractivity (Wildman–Crippen MR) is 207 cm³/mol. The van der Waals surface area contributed by atoms with Crippen LogP contribution in [0, 0.1) is 6.92 Å². The van der Waals surface area contributed by atoms with Gasteiger partial charge in [0.15, 0.2) is 0 Å². The summed E-state index contributed by atoms with van der Waals surface area (Å²) in [5.41, 5.74) is 5.53. The second kappa shape index (κ2) is 17.5. The van der Waals surface area contributed by atoms with Crippen molar-refractivity contribution in [2.24, 2.45) is 0 Å². The maximum absolute atomic E-state index is 14.3. The third kappa shape index (κ3) is 9.80. The first-order valence-corrected chi connectivity index (χ1v) is 19.6. The van der Waals surface area contributed by atoms with Gasteiger partial charge < -0.3 is 14.4 Å². The van der Waals surface area contributed by atoms with Crippen LogP contribution in [-0.2, 0) is 39.3 Å². The highest BCUT2D eigenvalue weighted by Gasteiger charge is 2.28. The van der Waals surface area contributed by atoms with E-state index in [9.17, 15) is 18.0 Å². The third-order valence-electron chi connectivity index (χ3n) is 9.73. The number of carbonyl (C=O) groups is 2. The van der Waals surface area contributed by atoms with Gasteiger partial charge in [-0.3, -0.25) is 4.79 Å². The first-order valence-electron chi connectivity index (χ1n) is 18.1. The summed E-state index contributed by atoms with van der Waals surface area (Å²) in [6, 6.07) is 38.8. The molecule has 0 atom stereocenters. The lowest BCUT2D eigenvalue weighted by atomic mass is 9.84. The number of aryl methyl sites for hydroxylation is 1. The van der Waals surface area contributed by atoms with Crippen LogP contribution < -0.4 is 9.64 Å². The van der Waals surface area contributed by atoms with Gasteiger partial charge in [0.2, 0.25) is 15.9 Å². The molecule has 1 amide bonds. The molecule has 0 radical (unpaired) electrons. The van der Waals surface area contributed by atoms with Crippen molar-refractivity contribution in [1.29, 1.82) is 0 Å². The molecule has 6 rings (SSSR count). The van der Waals surface area contributed by atoms with E-state index in [0.29, 0.717) is 11.6 Å². The van der Waals surface area contributed by atoms with E-state index in [1.54, 1.807) is 47.4 Å². The van der Waals surface area contributed by atoms with Gasteiger partial charge in [0.05, 0.1) is 18.0 Å². The number of esters is 1. The number of likely N-dealkylation sites (N-methyl/N-ethyl adjacent to an activating group) is 1. The van der Waals surface area contributed by atoms with Crippen molar-refractivity contribution < 1.29 is 27.5 Å². The number of carbonyl (C=O) groups excluding carboxylic acids is 2. The number of hydrogen-bond acceptors (Lipinski definition) is 6. The maximum Gasteiger partial charge on any atom is 0.342 e. The van der Waals surface area contributed by atoms with E-state index in [1.807, 2.05) is 79.7 Å². The lowest BCUT2D eigenvalue weighted by molar-refractivity contribution is -0.118. The minimum Gasteiger partial charge on any atom is -0.488 e. The van der Waals surface area contributed by atoms with E-state index in [1.165, 1.54) is 44.7 Å². The topological polar surface area (TPSA) is 93.2 Å². The monoisotopic (exact) mass is 730 g/mol. The molecule has 0 heterocycles. The molecule has 0 bridgehead atoms. The van der Waals surface area contributed by atoms with E-state index in [0.717, 1.165) is 26.6 Å². The van der Waals surface area contributed by atoms with E-state index in [-0.39, 0.29) is 36.0 Å². The highest BCUT2D eigenvalue weighted by molar-refractivity contribution is 7.89. The van der Waals surface area contributed by atoms with Crippen LogP contribution in [0.4, 0.5) is 5.69 Å². The minimum atomic E-state index is -3.95. The van der Waals surface area contributed by atoms with Crippen LogP contribution in [-0.4, -0.2) is 38.2 Å². The van der Waals surface area contributed by atoms with Gasteiger partial charge in [-0.05, 0) is 72.2 Å². The summed E-state index contributed by atoms with van der Waals surface area (Å²) in [6.07, 6.45) is 6.10. The molecular formula is C44H46N2O6S. The van der Waals surface area contributed by atoms with E-state index in [2.05, 4.69) is 12.1 Å². The predicted octanol–water partition coefficient (Wildman–Crippen LogP) is 8.83. The number of hydrogen-bond donors (Lipinski definition) is 0. The second-order valence-corrected chi connectivity index (χ2v) is 15.7. The van der Waals surface area contributed by atoms with Crippen LogP contribution in [0.25, 0.3) is 0 Å². The Bertz CT molecular complexity index is 2080. The molecule has 0 aliphatic heterocycles. The molecule has 1 saturated carbocycles. The quantitative estimate of drug-likeness (QED) is 0.106. The largest absolute Gasteiger partial charge is 0.488 e. The molecule has 0 spiro atoms. The molecular weight excluding hydrogens is 685 g/mol. The number of ether oxygens (including phenoxy) is 2. The van der Waals surface area contributed by atoms with E-state index >= 15 is 0 Å². The summed E-state index contributed by atoms with van der Waals surface area (Å²) < 4.78 is 40.1. The van der Waals surface area contributed by atoms with Crippen LogP contribution in [0.3, 0.4) is 0 Å². The molecule has 274 valence electrons. The maximum atomic E-state index is 14.3. The second-order valence-electron chi connectivity index (χ2n) is 13.6. The number of rotatable bonds is 14. The van der Waals surface area contributed by atoms with Gasteiger partial charge in [-0.2, -0.15) is 4.31 Å². The molecule has 53 heavy (non-hydrogen) atoms. The highest BCUT2D eigenvalue weighted by atomic mass is 32.2. The summed E-state index contributed by atoms with van der Waals surface area (Å²) in [6.45, 7) is 1.92. The standard InChI is InChI=1S/C44H46N2O6S/c1-33-18-25-40(26-19-33)53(49,50)45(2)30-43(47)46(29-34-20-22-38(23-21-34)37-16-10-5-11-17-37)39-24-27-41(44(48)52-32-36-14-8-4-9-15-36)42(28-39)51-31-35-12-6-3-7-13-35/h3-4,6-9,12-15,18-28,37H,5,10-11,16-17,29-32H2,1-2H3. The minimum absolute atomic E-state index is 0.0861. The van der Waals surface area contributed by atoms with Gasteiger partial charge in [-0.1, -0.05) is 122 Å². The molecule has 1 aliphatic carbocycles. The highest BCUT2D eigenvalue weighted by Crippen LogP contribution is 2.34. The summed E-state index contributed by atoms with van der Waals surface area (Å²) >= 11 is 0. The zero-order valence-corrected chi connectivity index (χ0v) is 31.1. The Balaban J connectivity index is 1.31. The Labute approximate surface area is 313 Å². The molecule has 1 aliphatic rings. The average Bonchev–Trinajstić information content (AvgIpc) is 3.19. The number of anilines is 1. The summed E-state index contributed by atoms with van der Waals surface area (Å²) in [4.78, 5) is 29.4. The van der Waals surface area contributed by atoms with Gasteiger partial charge in [-0.15, -0.1) is 0 Å². The van der Waals surface area contributed by atoms with Crippen molar-refractivity contribution in [3.8, 4) is 5.75 Å². The van der Waals surface area contributed by atoms with Crippen LogP contribution in [0.15, 0.2) is 132 Å². The van der Waals surface area contributed by atoms with Crippen molar-refractivity contribution in [2.75, 3.05) is 18.5 Å². The van der Waals surface area contributed by atoms with E-state index in [4.69, 9.17) is 9.47 Å². The van der Waals surface area contributed by atoms with Crippen LogP contribution in [0.1, 0.15) is 76.2 Å². The average molecular weight is 731 g/mol. The Morgan fingerprint density at radius 2 is 1.34 bits per heavy atom. The molecule has 0 aromatic heterocycles. The molecule has 5 aromatic carbocycles. The van der Waals surface area contributed by atoms with Crippen LogP contribution >= 0.6 is 0 Å². The SMILES string of the molecule is Cc1ccc(S(=O)(=O)N(C)CC(=O)N(Cc2ccc(C3CCCCC3)cc2)c2ccc(C(=O)OCc3ccccc3)c(OCc3ccccc3)c2)cc1. The van der Waals surface area contributed by atoms with Gasteiger partial charge >= 0.3 is 5.97 Å². The fourth-order valence-electron chi connectivity index (χ4n) is 6.59. The fraction of sp³-hybridized carbons (Fsp3) is 0.273. The Morgan fingerprint density at radius 3 is 1.98 bits per heavy atom. The zero-order valence-electron chi connectivity index (χ0n) is 30.3. The number of sulfonamides is 1. The zero-order chi connectivity index (χ0) is 37.2. The smallest absolute Gasteiger partial charge is 0.342 e.